The molecule has 18 heavy (non-hydrogen) atoms. The van der Waals surface area contributed by atoms with Crippen LogP contribution in [0.3, 0.4) is 0 Å². The highest BCUT2D eigenvalue weighted by Crippen LogP contribution is 2.59. The number of hydrogen-bond donors (Lipinski definition) is 1. The number of oxazole rings is 1. The molecule has 94 valence electrons. The second-order valence-electron chi connectivity index (χ2n) is 6.33. The molecule has 5 rings (SSSR count). The summed E-state index contributed by atoms with van der Waals surface area (Å²) in [4.78, 5) is 4.32. The van der Waals surface area contributed by atoms with Crippen LogP contribution in [0.2, 0.25) is 0 Å². The molecular formula is C14H17N3O. The maximum absolute atomic E-state index is 8.93. The van der Waals surface area contributed by atoms with Crippen molar-refractivity contribution in [2.24, 2.45) is 23.7 Å². The Morgan fingerprint density at radius 3 is 2.22 bits per heavy atom. The van der Waals surface area contributed by atoms with E-state index in [9.17, 15) is 0 Å². The molecule has 4 nitrogen and oxygen atoms in total. The maximum Gasteiger partial charge on any atom is 0.229 e. The molecule has 4 saturated carbocycles. The van der Waals surface area contributed by atoms with Crippen molar-refractivity contribution in [2.75, 3.05) is 5.73 Å². The Morgan fingerprint density at radius 2 is 1.72 bits per heavy atom. The summed E-state index contributed by atoms with van der Waals surface area (Å²) < 4.78 is 5.58. The second-order valence-corrected chi connectivity index (χ2v) is 6.33. The van der Waals surface area contributed by atoms with Gasteiger partial charge in [-0.3, -0.25) is 0 Å². The summed E-state index contributed by atoms with van der Waals surface area (Å²) in [6, 6.07) is 2.01. The maximum atomic E-state index is 8.93. The summed E-state index contributed by atoms with van der Waals surface area (Å²) in [5.74, 6) is 4.65. The fourth-order valence-corrected chi connectivity index (χ4v) is 4.90. The first-order valence-corrected chi connectivity index (χ1v) is 6.91. The van der Waals surface area contributed by atoms with Gasteiger partial charge in [0.2, 0.25) is 17.5 Å². The molecule has 4 fully saturated rings. The highest BCUT2D eigenvalue weighted by Gasteiger charge is 2.50. The van der Waals surface area contributed by atoms with Gasteiger partial charge in [0.1, 0.15) is 6.07 Å². The summed E-state index contributed by atoms with van der Waals surface area (Å²) in [5.41, 5.74) is 5.96. The first kappa shape index (κ1) is 10.4. The summed E-state index contributed by atoms with van der Waals surface area (Å²) in [7, 11) is 0. The lowest BCUT2D eigenvalue weighted by Gasteiger charge is -2.53. The fourth-order valence-electron chi connectivity index (χ4n) is 4.90. The molecule has 2 N–H and O–H groups in total. The van der Waals surface area contributed by atoms with Crippen LogP contribution in [0.15, 0.2) is 4.42 Å². The van der Waals surface area contributed by atoms with Crippen molar-refractivity contribution in [2.45, 2.75) is 38.0 Å². The summed E-state index contributed by atoms with van der Waals surface area (Å²) in [6.45, 7) is 0. The van der Waals surface area contributed by atoms with Crippen LogP contribution in [-0.4, -0.2) is 4.98 Å². The second kappa shape index (κ2) is 3.50. The third-order valence-corrected chi connectivity index (χ3v) is 5.29. The molecule has 0 radical (unpaired) electrons. The minimum atomic E-state index is 0.196. The molecule has 0 spiro atoms. The largest absolute Gasteiger partial charge is 0.424 e. The monoisotopic (exact) mass is 243 g/mol. The molecule has 0 amide bonds. The Bertz CT molecular complexity index is 500. The molecule has 4 aliphatic rings. The number of nitrogens with two attached hydrogens (primary N) is 1. The first-order chi connectivity index (χ1) is 8.74. The van der Waals surface area contributed by atoms with Crippen LogP contribution in [0, 0.1) is 35.0 Å². The Hall–Kier alpha value is -1.50. The van der Waals surface area contributed by atoms with E-state index in [4.69, 9.17) is 15.4 Å². The highest BCUT2D eigenvalue weighted by atomic mass is 16.4. The average Bonchev–Trinajstić information content (AvgIpc) is 2.69. The Balaban J connectivity index is 1.70. The van der Waals surface area contributed by atoms with Gasteiger partial charge in [0, 0.05) is 5.92 Å². The third-order valence-electron chi connectivity index (χ3n) is 5.29. The van der Waals surface area contributed by atoms with Crippen molar-refractivity contribution < 1.29 is 4.42 Å². The van der Waals surface area contributed by atoms with Crippen LogP contribution in [0.1, 0.15) is 49.6 Å². The predicted octanol–water partition coefficient (Wildman–Crippen LogP) is 2.67. The van der Waals surface area contributed by atoms with Crippen LogP contribution >= 0.6 is 0 Å². The van der Waals surface area contributed by atoms with Crippen molar-refractivity contribution in [3.63, 3.8) is 0 Å². The average molecular weight is 243 g/mol. The van der Waals surface area contributed by atoms with Crippen LogP contribution in [0.5, 0.6) is 0 Å². The molecule has 4 heteroatoms. The van der Waals surface area contributed by atoms with Gasteiger partial charge in [-0.05, 0) is 55.8 Å². The Labute approximate surface area is 106 Å². The van der Waals surface area contributed by atoms with Crippen LogP contribution in [-0.2, 0) is 0 Å². The zero-order chi connectivity index (χ0) is 12.3. The van der Waals surface area contributed by atoms with E-state index in [0.29, 0.717) is 17.8 Å². The van der Waals surface area contributed by atoms with Gasteiger partial charge in [-0.2, -0.15) is 5.26 Å². The Kier molecular flexibility index (Phi) is 2.03. The lowest BCUT2D eigenvalue weighted by atomic mass is 9.52. The van der Waals surface area contributed by atoms with Crippen LogP contribution in [0.25, 0.3) is 0 Å². The molecular weight excluding hydrogens is 226 g/mol. The number of nitriles is 1. The third kappa shape index (κ3) is 1.33. The molecule has 1 aromatic heterocycles. The Morgan fingerprint density at radius 1 is 1.11 bits per heavy atom. The normalized spacial score (nSPS) is 40.9. The summed E-state index contributed by atoms with van der Waals surface area (Å²) >= 11 is 0. The fraction of sp³-hybridized carbons (Fsp3) is 0.714. The number of hydrogen-bond acceptors (Lipinski definition) is 4. The standard InChI is InChI=1S/C14H17N3O/c15-6-11-13(16)18-14(17-11)12-9-2-7-1-8(4-9)5-10(12)3-7/h7-10,12H,1-5,16H2. The van der Waals surface area contributed by atoms with Gasteiger partial charge in [0.05, 0.1) is 0 Å². The molecule has 4 bridgehead atoms. The molecule has 1 heterocycles. The molecule has 0 unspecified atom stereocenters. The zero-order valence-electron chi connectivity index (χ0n) is 10.3. The smallest absolute Gasteiger partial charge is 0.229 e. The number of nitrogen functional groups attached to an aromatic ring is 1. The van der Waals surface area contributed by atoms with Crippen LogP contribution in [0.4, 0.5) is 5.88 Å². The summed E-state index contributed by atoms with van der Waals surface area (Å²) in [5, 5.41) is 8.93. The molecule has 0 aliphatic heterocycles. The lowest BCUT2D eigenvalue weighted by molar-refractivity contribution is -0.0112. The van der Waals surface area contributed by atoms with Gasteiger partial charge in [0.25, 0.3) is 0 Å². The van der Waals surface area contributed by atoms with E-state index in [-0.39, 0.29) is 11.6 Å². The van der Waals surface area contributed by atoms with E-state index >= 15 is 0 Å². The minimum Gasteiger partial charge on any atom is -0.424 e. The highest BCUT2D eigenvalue weighted by molar-refractivity contribution is 5.41. The predicted molar refractivity (Wildman–Crippen MR) is 65.4 cm³/mol. The van der Waals surface area contributed by atoms with Gasteiger partial charge in [-0.1, -0.05) is 0 Å². The number of anilines is 1. The van der Waals surface area contributed by atoms with Crippen molar-refractivity contribution >= 4 is 5.88 Å². The van der Waals surface area contributed by atoms with Crippen LogP contribution < -0.4 is 5.73 Å². The van der Waals surface area contributed by atoms with Crippen molar-refractivity contribution in [1.82, 2.24) is 4.98 Å². The van der Waals surface area contributed by atoms with Crippen molar-refractivity contribution in [1.29, 1.82) is 5.26 Å². The van der Waals surface area contributed by atoms with E-state index in [1.165, 1.54) is 32.1 Å². The molecule has 0 saturated heterocycles. The van der Waals surface area contributed by atoms with Crippen molar-refractivity contribution in [3.8, 4) is 6.07 Å². The van der Waals surface area contributed by atoms with Gasteiger partial charge in [0.15, 0.2) is 0 Å². The van der Waals surface area contributed by atoms with Gasteiger partial charge < -0.3 is 10.2 Å². The minimum absolute atomic E-state index is 0.196. The molecule has 0 aromatic carbocycles. The quantitative estimate of drug-likeness (QED) is 0.822. The molecule has 1 aromatic rings. The zero-order valence-corrected chi connectivity index (χ0v) is 10.3. The van der Waals surface area contributed by atoms with Crippen molar-refractivity contribution in [3.05, 3.63) is 11.6 Å². The lowest BCUT2D eigenvalue weighted by Crippen LogP contribution is -2.43. The van der Waals surface area contributed by atoms with E-state index in [2.05, 4.69) is 4.98 Å². The van der Waals surface area contributed by atoms with Gasteiger partial charge >= 0.3 is 0 Å². The van der Waals surface area contributed by atoms with E-state index < -0.39 is 0 Å². The van der Waals surface area contributed by atoms with Gasteiger partial charge in [-0.25, -0.2) is 4.98 Å². The number of rotatable bonds is 1. The number of nitrogens with zero attached hydrogens (tertiary/aromatic N) is 2. The van der Waals surface area contributed by atoms with Gasteiger partial charge in [-0.15, -0.1) is 0 Å². The van der Waals surface area contributed by atoms with E-state index in [1.807, 2.05) is 6.07 Å². The number of aromatic nitrogens is 1. The molecule has 0 atom stereocenters. The van der Waals surface area contributed by atoms with E-state index in [1.54, 1.807) is 0 Å². The topological polar surface area (TPSA) is 75.8 Å². The SMILES string of the molecule is N#Cc1nc(C2C3CC4CC(C3)CC2C4)oc1N. The summed E-state index contributed by atoms with van der Waals surface area (Å²) in [6.07, 6.45) is 6.73. The van der Waals surface area contributed by atoms with E-state index in [0.717, 1.165) is 17.7 Å². The first-order valence-electron chi connectivity index (χ1n) is 6.91. The molecule has 4 aliphatic carbocycles.